The van der Waals surface area contributed by atoms with Gasteiger partial charge in [0.2, 0.25) is 6.79 Å². The molecule has 0 amide bonds. The molecule has 0 spiro atoms. The smallest absolute Gasteiger partial charge is 0.231 e. The number of aryl methyl sites for hydroxylation is 2. The van der Waals surface area contributed by atoms with Crippen LogP contribution in [0.1, 0.15) is 17.0 Å². The van der Waals surface area contributed by atoms with Gasteiger partial charge in [-0.1, -0.05) is 12.1 Å². The van der Waals surface area contributed by atoms with Crippen molar-refractivity contribution in [3.63, 3.8) is 0 Å². The van der Waals surface area contributed by atoms with E-state index < -0.39 is 0 Å². The lowest BCUT2D eigenvalue weighted by Crippen LogP contribution is -2.02. The van der Waals surface area contributed by atoms with Crippen molar-refractivity contribution in [1.82, 2.24) is 10.2 Å². The number of rotatable bonds is 3. The van der Waals surface area contributed by atoms with Gasteiger partial charge in [0.05, 0.1) is 17.1 Å². The van der Waals surface area contributed by atoms with Gasteiger partial charge in [-0.05, 0) is 19.9 Å². The van der Waals surface area contributed by atoms with Gasteiger partial charge in [-0.15, -0.1) is 0 Å². The molecule has 1 aliphatic heterocycles. The second-order valence-electron chi connectivity index (χ2n) is 4.31. The van der Waals surface area contributed by atoms with Crippen molar-refractivity contribution in [2.45, 2.75) is 20.4 Å². The largest absolute Gasteiger partial charge is 0.454 e. The minimum atomic E-state index is 0.302. The van der Waals surface area contributed by atoms with Gasteiger partial charge >= 0.3 is 0 Å². The predicted molar refractivity (Wildman–Crippen MR) is 68.0 cm³/mol. The number of para-hydroxylation sites is 1. The standard InChI is InChI=1S/C13H15N3O2/c1-8-12(9(2)16-15-8)14-6-10-4-3-5-11-13(10)18-7-17-11/h3-5,14H,6-7H2,1-2H3,(H,15,16). The molecule has 1 aromatic carbocycles. The monoisotopic (exact) mass is 245 g/mol. The van der Waals surface area contributed by atoms with Crippen LogP contribution in [0.25, 0.3) is 0 Å². The summed E-state index contributed by atoms with van der Waals surface area (Å²) in [6.45, 7) is 4.96. The van der Waals surface area contributed by atoms with Crippen molar-refractivity contribution >= 4 is 5.69 Å². The summed E-state index contributed by atoms with van der Waals surface area (Å²) in [5.41, 5.74) is 4.14. The molecule has 3 rings (SSSR count). The Balaban J connectivity index is 1.80. The molecule has 5 nitrogen and oxygen atoms in total. The van der Waals surface area contributed by atoms with Crippen molar-refractivity contribution in [3.8, 4) is 11.5 Å². The SMILES string of the molecule is Cc1n[nH]c(C)c1NCc1cccc2c1OCO2. The molecule has 0 bridgehead atoms. The van der Waals surface area contributed by atoms with Crippen LogP contribution in [0.5, 0.6) is 11.5 Å². The van der Waals surface area contributed by atoms with Crippen LogP contribution in [0.15, 0.2) is 18.2 Å². The third-order valence-corrected chi connectivity index (χ3v) is 3.06. The van der Waals surface area contributed by atoms with Crippen LogP contribution in [0.3, 0.4) is 0 Å². The van der Waals surface area contributed by atoms with Gasteiger partial charge in [-0.2, -0.15) is 5.10 Å². The van der Waals surface area contributed by atoms with Gasteiger partial charge in [0.25, 0.3) is 0 Å². The Labute approximate surface area is 105 Å². The summed E-state index contributed by atoms with van der Waals surface area (Å²) in [5, 5.41) is 10.5. The molecule has 0 atom stereocenters. The molecule has 0 aliphatic carbocycles. The van der Waals surface area contributed by atoms with E-state index >= 15 is 0 Å². The summed E-state index contributed by atoms with van der Waals surface area (Å²) in [5.74, 6) is 1.65. The number of fused-ring (bicyclic) bond motifs is 1. The molecule has 1 aromatic heterocycles. The summed E-state index contributed by atoms with van der Waals surface area (Å²) in [7, 11) is 0. The highest BCUT2D eigenvalue weighted by Gasteiger charge is 2.17. The van der Waals surface area contributed by atoms with Crippen LogP contribution in [0, 0.1) is 13.8 Å². The van der Waals surface area contributed by atoms with Crippen LogP contribution >= 0.6 is 0 Å². The first-order valence-electron chi connectivity index (χ1n) is 5.88. The summed E-state index contributed by atoms with van der Waals surface area (Å²) < 4.78 is 10.8. The van der Waals surface area contributed by atoms with Crippen LogP contribution in [-0.2, 0) is 6.54 Å². The second kappa shape index (κ2) is 4.25. The number of nitrogens with one attached hydrogen (secondary N) is 2. The number of hydrogen-bond donors (Lipinski definition) is 2. The number of nitrogens with zero attached hydrogens (tertiary/aromatic N) is 1. The molecule has 0 radical (unpaired) electrons. The third kappa shape index (κ3) is 1.77. The predicted octanol–water partition coefficient (Wildman–Crippen LogP) is 2.37. The average Bonchev–Trinajstić information content (AvgIpc) is 2.95. The summed E-state index contributed by atoms with van der Waals surface area (Å²) >= 11 is 0. The Kier molecular flexibility index (Phi) is 2.59. The number of benzene rings is 1. The first kappa shape index (κ1) is 11.0. The van der Waals surface area contributed by atoms with Crippen molar-refractivity contribution in [2.24, 2.45) is 0 Å². The molecule has 94 valence electrons. The maximum atomic E-state index is 5.47. The molecule has 2 heterocycles. The number of aromatic nitrogens is 2. The maximum Gasteiger partial charge on any atom is 0.231 e. The first-order valence-corrected chi connectivity index (χ1v) is 5.88. The number of ether oxygens (including phenoxy) is 2. The highest BCUT2D eigenvalue weighted by Crippen LogP contribution is 2.35. The zero-order chi connectivity index (χ0) is 12.5. The van der Waals surface area contributed by atoms with Crippen LogP contribution in [0.4, 0.5) is 5.69 Å². The van der Waals surface area contributed by atoms with Gasteiger partial charge in [0.15, 0.2) is 11.5 Å². The summed E-state index contributed by atoms with van der Waals surface area (Å²) in [4.78, 5) is 0. The molecule has 2 N–H and O–H groups in total. The van der Waals surface area contributed by atoms with Crippen molar-refractivity contribution in [1.29, 1.82) is 0 Å². The Morgan fingerprint density at radius 3 is 3.00 bits per heavy atom. The quantitative estimate of drug-likeness (QED) is 0.871. The van der Waals surface area contributed by atoms with E-state index in [0.29, 0.717) is 13.3 Å². The fraction of sp³-hybridized carbons (Fsp3) is 0.308. The lowest BCUT2D eigenvalue weighted by Gasteiger charge is -2.08. The topological polar surface area (TPSA) is 59.2 Å². The zero-order valence-electron chi connectivity index (χ0n) is 10.4. The minimum Gasteiger partial charge on any atom is -0.454 e. The van der Waals surface area contributed by atoms with E-state index in [0.717, 1.165) is 34.1 Å². The molecule has 18 heavy (non-hydrogen) atoms. The molecule has 5 heteroatoms. The highest BCUT2D eigenvalue weighted by atomic mass is 16.7. The Morgan fingerprint density at radius 2 is 2.22 bits per heavy atom. The lowest BCUT2D eigenvalue weighted by atomic mass is 10.2. The van der Waals surface area contributed by atoms with E-state index in [9.17, 15) is 0 Å². The van der Waals surface area contributed by atoms with Gasteiger partial charge < -0.3 is 14.8 Å². The molecule has 2 aromatic rings. The van der Waals surface area contributed by atoms with Crippen LogP contribution in [-0.4, -0.2) is 17.0 Å². The third-order valence-electron chi connectivity index (χ3n) is 3.06. The van der Waals surface area contributed by atoms with E-state index in [4.69, 9.17) is 9.47 Å². The van der Waals surface area contributed by atoms with Crippen molar-refractivity contribution in [3.05, 3.63) is 35.2 Å². The van der Waals surface area contributed by atoms with Gasteiger partial charge in [-0.25, -0.2) is 0 Å². The normalized spacial score (nSPS) is 12.8. The van der Waals surface area contributed by atoms with E-state index in [1.807, 2.05) is 32.0 Å². The molecule has 0 saturated carbocycles. The molecule has 1 aliphatic rings. The Hall–Kier alpha value is -2.17. The number of anilines is 1. The number of H-pyrrole nitrogens is 1. The van der Waals surface area contributed by atoms with Gasteiger partial charge in [0.1, 0.15) is 0 Å². The van der Waals surface area contributed by atoms with Crippen LogP contribution < -0.4 is 14.8 Å². The van der Waals surface area contributed by atoms with Gasteiger partial charge in [-0.3, -0.25) is 5.10 Å². The minimum absolute atomic E-state index is 0.302. The fourth-order valence-electron chi connectivity index (χ4n) is 2.12. The number of hydrogen-bond acceptors (Lipinski definition) is 4. The van der Waals surface area contributed by atoms with Crippen LogP contribution in [0.2, 0.25) is 0 Å². The van der Waals surface area contributed by atoms with Crippen molar-refractivity contribution < 1.29 is 9.47 Å². The summed E-state index contributed by atoms with van der Waals surface area (Å²) in [6.07, 6.45) is 0. The highest BCUT2D eigenvalue weighted by molar-refractivity contribution is 5.54. The Bertz CT molecular complexity index is 558. The fourth-order valence-corrected chi connectivity index (χ4v) is 2.12. The molecule has 0 fully saturated rings. The van der Waals surface area contributed by atoms with Gasteiger partial charge in [0, 0.05) is 12.1 Å². The lowest BCUT2D eigenvalue weighted by molar-refractivity contribution is 0.173. The zero-order valence-corrected chi connectivity index (χ0v) is 10.4. The summed E-state index contributed by atoms with van der Waals surface area (Å²) in [6, 6.07) is 5.92. The van der Waals surface area contributed by atoms with E-state index in [2.05, 4.69) is 15.5 Å². The second-order valence-corrected chi connectivity index (χ2v) is 4.31. The average molecular weight is 245 g/mol. The Morgan fingerprint density at radius 1 is 1.33 bits per heavy atom. The number of aromatic amines is 1. The molecular weight excluding hydrogens is 230 g/mol. The van der Waals surface area contributed by atoms with E-state index in [1.54, 1.807) is 0 Å². The molecular formula is C13H15N3O2. The first-order chi connectivity index (χ1) is 8.75. The maximum absolute atomic E-state index is 5.47. The molecule has 0 saturated heterocycles. The van der Waals surface area contributed by atoms with E-state index in [-0.39, 0.29) is 0 Å². The molecule has 0 unspecified atom stereocenters. The van der Waals surface area contributed by atoms with Crippen molar-refractivity contribution in [2.75, 3.05) is 12.1 Å². The van der Waals surface area contributed by atoms with E-state index in [1.165, 1.54) is 0 Å².